The van der Waals surface area contributed by atoms with E-state index in [4.69, 9.17) is 0 Å². The fraction of sp³-hybridized carbons (Fsp3) is 0.833. The van der Waals surface area contributed by atoms with Gasteiger partial charge >= 0.3 is 0 Å². The van der Waals surface area contributed by atoms with E-state index in [1.165, 1.54) is 11.4 Å². The molecule has 0 aliphatic rings. The third-order valence-electron chi connectivity index (χ3n) is 2.86. The van der Waals surface area contributed by atoms with Gasteiger partial charge in [-0.25, -0.2) is 0 Å². The number of nitrogens with zero attached hydrogens (tertiary/aromatic N) is 2. The van der Waals surface area contributed by atoms with Crippen molar-refractivity contribution in [3.8, 4) is 0 Å². The smallest absolute Gasteiger partial charge is 0.134 e. The largest absolute Gasteiger partial charge is 0.308 e. The van der Waals surface area contributed by atoms with Gasteiger partial charge in [-0.1, -0.05) is 45.5 Å². The maximum Gasteiger partial charge on any atom is 0.134 e. The predicted octanol–water partition coefficient (Wildman–Crippen LogP) is 3.19. The second kappa shape index (κ2) is 6.97. The zero-order valence-corrected chi connectivity index (χ0v) is 11.6. The molecule has 1 rings (SSSR count). The fourth-order valence-corrected chi connectivity index (χ4v) is 2.75. The SMILES string of the molecule is CCNC(CC)c1nnc(CC(C)CC)s1. The van der Waals surface area contributed by atoms with Crippen LogP contribution in [0.3, 0.4) is 0 Å². The molecular weight excluding hydrogens is 218 g/mol. The molecule has 0 saturated carbocycles. The van der Waals surface area contributed by atoms with Gasteiger partial charge in [0.25, 0.3) is 0 Å². The molecule has 1 heterocycles. The highest BCUT2D eigenvalue weighted by Crippen LogP contribution is 2.22. The topological polar surface area (TPSA) is 37.8 Å². The second-order valence-electron chi connectivity index (χ2n) is 4.27. The summed E-state index contributed by atoms with van der Waals surface area (Å²) in [5.41, 5.74) is 0. The highest BCUT2D eigenvalue weighted by molar-refractivity contribution is 7.11. The molecule has 0 saturated heterocycles. The average molecular weight is 241 g/mol. The second-order valence-corrected chi connectivity index (χ2v) is 5.36. The van der Waals surface area contributed by atoms with Crippen molar-refractivity contribution in [2.45, 2.75) is 53.0 Å². The summed E-state index contributed by atoms with van der Waals surface area (Å²) in [5.74, 6) is 0.708. The van der Waals surface area contributed by atoms with Crippen LogP contribution in [0.4, 0.5) is 0 Å². The predicted molar refractivity (Wildman–Crippen MR) is 69.8 cm³/mol. The Morgan fingerprint density at radius 2 is 1.94 bits per heavy atom. The first-order chi connectivity index (χ1) is 7.71. The lowest BCUT2D eigenvalue weighted by atomic mass is 10.1. The summed E-state index contributed by atoms with van der Waals surface area (Å²) >= 11 is 1.76. The summed E-state index contributed by atoms with van der Waals surface area (Å²) in [6.45, 7) is 9.79. The van der Waals surface area contributed by atoms with Crippen molar-refractivity contribution in [2.75, 3.05) is 6.54 Å². The Morgan fingerprint density at radius 3 is 2.50 bits per heavy atom. The van der Waals surface area contributed by atoms with Crippen LogP contribution >= 0.6 is 11.3 Å². The van der Waals surface area contributed by atoms with Crippen LogP contribution in [-0.2, 0) is 6.42 Å². The van der Waals surface area contributed by atoms with Crippen LogP contribution in [0.25, 0.3) is 0 Å². The molecule has 0 fully saturated rings. The monoisotopic (exact) mass is 241 g/mol. The Balaban J connectivity index is 2.62. The summed E-state index contributed by atoms with van der Waals surface area (Å²) in [6.07, 6.45) is 3.35. The summed E-state index contributed by atoms with van der Waals surface area (Å²) in [5, 5.41) is 14.3. The Morgan fingerprint density at radius 1 is 1.19 bits per heavy atom. The minimum Gasteiger partial charge on any atom is -0.308 e. The first kappa shape index (κ1) is 13.6. The zero-order chi connectivity index (χ0) is 12.0. The number of hydrogen-bond acceptors (Lipinski definition) is 4. The summed E-state index contributed by atoms with van der Waals surface area (Å²) in [4.78, 5) is 0. The van der Waals surface area contributed by atoms with Gasteiger partial charge in [0.1, 0.15) is 10.0 Å². The van der Waals surface area contributed by atoms with Gasteiger partial charge in [-0.05, 0) is 18.9 Å². The van der Waals surface area contributed by atoms with Gasteiger partial charge < -0.3 is 5.32 Å². The number of aromatic nitrogens is 2. The van der Waals surface area contributed by atoms with E-state index in [1.807, 2.05) is 0 Å². The van der Waals surface area contributed by atoms with Gasteiger partial charge in [0.2, 0.25) is 0 Å². The van der Waals surface area contributed by atoms with Crippen LogP contribution in [0.15, 0.2) is 0 Å². The number of rotatable bonds is 7. The van der Waals surface area contributed by atoms with Crippen LogP contribution in [0.2, 0.25) is 0 Å². The molecule has 1 N–H and O–H groups in total. The molecule has 0 spiro atoms. The lowest BCUT2D eigenvalue weighted by Gasteiger charge is -2.11. The van der Waals surface area contributed by atoms with Gasteiger partial charge in [0, 0.05) is 6.42 Å². The average Bonchev–Trinajstić information content (AvgIpc) is 2.74. The molecule has 3 nitrogen and oxygen atoms in total. The molecule has 92 valence electrons. The molecule has 0 bridgehead atoms. The van der Waals surface area contributed by atoms with Crippen LogP contribution in [0.5, 0.6) is 0 Å². The van der Waals surface area contributed by atoms with Crippen molar-refractivity contribution in [3.05, 3.63) is 10.0 Å². The Hall–Kier alpha value is -0.480. The van der Waals surface area contributed by atoms with Crippen molar-refractivity contribution in [3.63, 3.8) is 0 Å². The third kappa shape index (κ3) is 3.83. The third-order valence-corrected chi connectivity index (χ3v) is 3.92. The summed E-state index contributed by atoms with van der Waals surface area (Å²) in [7, 11) is 0. The highest BCUT2D eigenvalue weighted by atomic mass is 32.1. The normalized spacial score (nSPS) is 15.0. The lowest BCUT2D eigenvalue weighted by Crippen LogP contribution is -2.19. The van der Waals surface area contributed by atoms with Gasteiger partial charge in [0.15, 0.2) is 0 Å². The van der Waals surface area contributed by atoms with E-state index in [9.17, 15) is 0 Å². The molecule has 2 unspecified atom stereocenters. The molecule has 2 atom stereocenters. The molecule has 0 amide bonds. The van der Waals surface area contributed by atoms with Crippen molar-refractivity contribution in [1.82, 2.24) is 15.5 Å². The lowest BCUT2D eigenvalue weighted by molar-refractivity contribution is 0.529. The van der Waals surface area contributed by atoms with Crippen molar-refractivity contribution in [1.29, 1.82) is 0 Å². The molecule has 0 radical (unpaired) electrons. The molecule has 0 aromatic carbocycles. The van der Waals surface area contributed by atoms with E-state index in [0.29, 0.717) is 12.0 Å². The Kier molecular flexibility index (Phi) is 5.91. The molecule has 0 aliphatic heterocycles. The van der Waals surface area contributed by atoms with Crippen molar-refractivity contribution >= 4 is 11.3 Å². The van der Waals surface area contributed by atoms with Crippen molar-refractivity contribution in [2.24, 2.45) is 5.92 Å². The minimum atomic E-state index is 0.383. The van der Waals surface area contributed by atoms with Gasteiger partial charge in [0.05, 0.1) is 6.04 Å². The van der Waals surface area contributed by atoms with E-state index in [0.717, 1.165) is 24.4 Å². The number of nitrogens with one attached hydrogen (secondary N) is 1. The summed E-state index contributed by atoms with van der Waals surface area (Å²) in [6, 6.07) is 0.383. The molecule has 16 heavy (non-hydrogen) atoms. The molecule has 1 aromatic rings. The van der Waals surface area contributed by atoms with Crippen LogP contribution in [-0.4, -0.2) is 16.7 Å². The van der Waals surface area contributed by atoms with E-state index < -0.39 is 0 Å². The van der Waals surface area contributed by atoms with Crippen molar-refractivity contribution < 1.29 is 0 Å². The van der Waals surface area contributed by atoms with Crippen LogP contribution < -0.4 is 5.32 Å². The van der Waals surface area contributed by atoms with Crippen LogP contribution in [0, 0.1) is 5.92 Å². The van der Waals surface area contributed by atoms with Gasteiger partial charge in [-0.2, -0.15) is 0 Å². The maximum atomic E-state index is 4.30. The van der Waals surface area contributed by atoms with E-state index in [-0.39, 0.29) is 0 Å². The molecule has 0 aliphatic carbocycles. The van der Waals surface area contributed by atoms with E-state index in [1.54, 1.807) is 11.3 Å². The van der Waals surface area contributed by atoms with E-state index in [2.05, 4.69) is 43.2 Å². The first-order valence-corrected chi connectivity index (χ1v) is 7.08. The molecule has 4 heteroatoms. The molecular formula is C12H23N3S. The fourth-order valence-electron chi connectivity index (χ4n) is 1.58. The Labute approximate surface area is 103 Å². The minimum absolute atomic E-state index is 0.383. The Bertz CT molecular complexity index is 298. The zero-order valence-electron chi connectivity index (χ0n) is 10.8. The summed E-state index contributed by atoms with van der Waals surface area (Å²) < 4.78 is 0. The maximum absolute atomic E-state index is 4.30. The number of hydrogen-bond donors (Lipinski definition) is 1. The van der Waals surface area contributed by atoms with E-state index >= 15 is 0 Å². The standard InChI is InChI=1S/C12H23N3S/c1-5-9(4)8-11-14-15-12(16-11)10(6-2)13-7-3/h9-10,13H,5-8H2,1-4H3. The van der Waals surface area contributed by atoms with Gasteiger partial charge in [-0.15, -0.1) is 10.2 Å². The molecule has 1 aromatic heterocycles. The van der Waals surface area contributed by atoms with Crippen LogP contribution in [0.1, 0.15) is 56.6 Å². The van der Waals surface area contributed by atoms with Gasteiger partial charge in [-0.3, -0.25) is 0 Å². The first-order valence-electron chi connectivity index (χ1n) is 6.26. The highest BCUT2D eigenvalue weighted by Gasteiger charge is 2.14. The quantitative estimate of drug-likeness (QED) is 0.796.